The predicted octanol–water partition coefficient (Wildman–Crippen LogP) is 1.89. The summed E-state index contributed by atoms with van der Waals surface area (Å²) in [6.45, 7) is 3.12. The Hall–Kier alpha value is -3.71. The third-order valence-corrected chi connectivity index (χ3v) is 8.19. The van der Waals surface area contributed by atoms with Crippen LogP contribution in [0.5, 0.6) is 0 Å². The van der Waals surface area contributed by atoms with Crippen molar-refractivity contribution in [2.75, 3.05) is 5.73 Å². The Morgan fingerprint density at radius 3 is 2.58 bits per heavy atom. The van der Waals surface area contributed by atoms with E-state index in [1.807, 2.05) is 0 Å². The molecule has 1 amide bonds. The van der Waals surface area contributed by atoms with E-state index in [1.165, 1.54) is 22.8 Å². The highest BCUT2D eigenvalue weighted by atomic mass is 32.1. The van der Waals surface area contributed by atoms with Gasteiger partial charge in [0.05, 0.1) is 27.9 Å². The van der Waals surface area contributed by atoms with Gasteiger partial charge in [0.25, 0.3) is 5.91 Å². The van der Waals surface area contributed by atoms with Crippen LogP contribution in [0.3, 0.4) is 0 Å². The molecule has 2 bridgehead atoms. The van der Waals surface area contributed by atoms with Gasteiger partial charge < -0.3 is 21.5 Å². The maximum Gasteiger partial charge on any atom is 0.289 e. The van der Waals surface area contributed by atoms with Crippen molar-refractivity contribution in [3.63, 3.8) is 0 Å². The number of aliphatic hydroxyl groups excluding tert-OH is 1. The minimum absolute atomic E-state index is 0.0701. The number of carbonyl (C=O) groups is 2. The smallest absolute Gasteiger partial charge is 0.289 e. The number of fused-ring (bicyclic) bond motifs is 3. The number of carbonyl (C=O) groups excluding carboxylic acids is 2. The van der Waals surface area contributed by atoms with E-state index in [-0.39, 0.29) is 41.3 Å². The van der Waals surface area contributed by atoms with Gasteiger partial charge in [0, 0.05) is 24.2 Å². The first-order valence-electron chi connectivity index (χ1n) is 11.7. The van der Waals surface area contributed by atoms with Crippen molar-refractivity contribution in [1.82, 2.24) is 24.5 Å². The summed E-state index contributed by atoms with van der Waals surface area (Å²) in [6, 6.07) is -0.140. The number of nitrogens with one attached hydrogen (secondary N) is 1. The molecule has 188 valence electrons. The molecular formula is C23H27N9O3S. The number of ketones is 1. The second-order valence-electron chi connectivity index (χ2n) is 9.26. The van der Waals surface area contributed by atoms with Crippen LogP contribution in [0.15, 0.2) is 17.4 Å². The number of amidine groups is 1. The van der Waals surface area contributed by atoms with Gasteiger partial charge in [-0.3, -0.25) is 15.0 Å². The van der Waals surface area contributed by atoms with E-state index in [0.29, 0.717) is 40.3 Å². The van der Waals surface area contributed by atoms with Crippen molar-refractivity contribution in [3.8, 4) is 10.4 Å². The summed E-state index contributed by atoms with van der Waals surface area (Å²) in [6.07, 6.45) is 6.24. The fraction of sp³-hybridized carbons (Fsp3) is 0.435. The summed E-state index contributed by atoms with van der Waals surface area (Å²) >= 11 is 1.35. The van der Waals surface area contributed by atoms with Crippen molar-refractivity contribution in [2.45, 2.75) is 63.6 Å². The molecule has 6 N–H and O–H groups in total. The molecule has 5 rings (SSSR count). The van der Waals surface area contributed by atoms with E-state index in [9.17, 15) is 14.7 Å². The van der Waals surface area contributed by atoms with Crippen LogP contribution in [0.25, 0.3) is 16.1 Å². The fourth-order valence-electron chi connectivity index (χ4n) is 5.46. The molecule has 3 aromatic heterocycles. The zero-order valence-electron chi connectivity index (χ0n) is 19.9. The van der Waals surface area contributed by atoms with Crippen LogP contribution in [0, 0.1) is 5.41 Å². The first kappa shape index (κ1) is 24.0. The zero-order chi connectivity index (χ0) is 25.7. The average molecular weight is 510 g/mol. The molecule has 0 spiro atoms. The molecule has 2 aliphatic heterocycles. The Balaban J connectivity index is 1.56. The number of hydrogen-bond donors (Lipinski definition) is 4. The number of aliphatic hydroxyl groups is 1. The lowest BCUT2D eigenvalue weighted by atomic mass is 9.85. The van der Waals surface area contributed by atoms with Gasteiger partial charge in [-0.15, -0.1) is 11.3 Å². The van der Waals surface area contributed by atoms with E-state index in [4.69, 9.17) is 21.9 Å². The van der Waals surface area contributed by atoms with Gasteiger partial charge >= 0.3 is 0 Å². The van der Waals surface area contributed by atoms with E-state index < -0.39 is 6.10 Å². The number of amides is 1. The van der Waals surface area contributed by atoms with E-state index >= 15 is 0 Å². The summed E-state index contributed by atoms with van der Waals surface area (Å²) in [5, 5.41) is 22.0. The number of nitrogens with two attached hydrogens (primary N) is 2. The van der Waals surface area contributed by atoms with E-state index in [1.54, 1.807) is 24.2 Å². The van der Waals surface area contributed by atoms with Crippen LogP contribution in [0.2, 0.25) is 0 Å². The molecule has 3 unspecified atom stereocenters. The number of nitrogens with zero attached hydrogens (tertiary/aromatic N) is 6. The lowest BCUT2D eigenvalue weighted by Gasteiger charge is -2.39. The predicted molar refractivity (Wildman–Crippen MR) is 135 cm³/mol. The Morgan fingerprint density at radius 1 is 1.31 bits per heavy atom. The lowest BCUT2D eigenvalue weighted by molar-refractivity contribution is -0.128. The molecule has 0 radical (unpaired) electrons. The molecule has 2 aliphatic rings. The van der Waals surface area contributed by atoms with Gasteiger partial charge in [0.15, 0.2) is 17.3 Å². The molecule has 12 nitrogen and oxygen atoms in total. The third-order valence-electron chi connectivity index (χ3n) is 6.99. The minimum atomic E-state index is -0.690. The maximum atomic E-state index is 12.9. The number of thiazole rings is 1. The van der Waals surface area contributed by atoms with Crippen molar-refractivity contribution in [1.29, 1.82) is 5.41 Å². The molecular weight excluding hydrogens is 482 g/mol. The van der Waals surface area contributed by atoms with Gasteiger partial charge in [-0.2, -0.15) is 9.61 Å². The first-order valence-corrected chi connectivity index (χ1v) is 12.5. The highest BCUT2D eigenvalue weighted by Gasteiger charge is 2.45. The SMILES string of the molecule is CC(=O)c1c(C2CC3CC[C@@H](C2)N3C(=O)C(N)=NC=N)nc2c(-c3cnc(C(C)O)s3)cnn2c1N. The largest absolute Gasteiger partial charge is 0.386 e. The van der Waals surface area contributed by atoms with E-state index in [2.05, 4.69) is 15.1 Å². The van der Waals surface area contributed by atoms with Gasteiger partial charge in [-0.25, -0.2) is 15.0 Å². The number of hydrogen-bond acceptors (Lipinski definition) is 9. The number of Topliss-reactive ketones (excluding diaryl/α,β-unsaturated/α-hetero) is 1. The fourth-order valence-corrected chi connectivity index (χ4v) is 6.32. The molecule has 5 heterocycles. The molecule has 4 atom stereocenters. The maximum absolute atomic E-state index is 12.9. The van der Waals surface area contributed by atoms with Crippen molar-refractivity contribution >= 4 is 46.7 Å². The summed E-state index contributed by atoms with van der Waals surface area (Å²) in [5.74, 6) is -0.621. The van der Waals surface area contributed by atoms with Crippen LogP contribution in [-0.2, 0) is 4.79 Å². The standard InChI is InChI=1S/C23H27N9O3S/c1-10(33)17-18(12-5-13-3-4-14(6-12)31(13)23(35)19(25)28-9-24)30-21-15(7-29-32(21)20(17)26)16-8-27-22(36-16)11(2)34/h7-9,11-14,34H,3-6,26H2,1-2H3,(H3,24,25,28)/t11?,12?,13-,14?/m0/s1. The molecule has 0 saturated carbocycles. The van der Waals surface area contributed by atoms with Gasteiger partial charge in [-0.1, -0.05) is 0 Å². The van der Waals surface area contributed by atoms with Crippen LogP contribution < -0.4 is 11.5 Å². The highest BCUT2D eigenvalue weighted by Crippen LogP contribution is 2.44. The number of anilines is 1. The zero-order valence-corrected chi connectivity index (χ0v) is 20.7. The van der Waals surface area contributed by atoms with Crippen LogP contribution in [0.1, 0.15) is 72.6 Å². The highest BCUT2D eigenvalue weighted by molar-refractivity contribution is 7.15. The lowest BCUT2D eigenvalue weighted by Crippen LogP contribution is -2.50. The number of aromatic nitrogens is 4. The van der Waals surface area contributed by atoms with Crippen molar-refractivity contribution in [2.24, 2.45) is 10.7 Å². The number of piperidine rings is 1. The quantitative estimate of drug-likeness (QED) is 0.228. The minimum Gasteiger partial charge on any atom is -0.386 e. The summed E-state index contributed by atoms with van der Waals surface area (Å²) in [4.78, 5) is 41.0. The Labute approximate surface area is 210 Å². The average Bonchev–Trinajstić information content (AvgIpc) is 3.54. The van der Waals surface area contributed by atoms with E-state index in [0.717, 1.165) is 24.1 Å². The van der Waals surface area contributed by atoms with Crippen LogP contribution in [-0.4, -0.2) is 65.5 Å². The Morgan fingerprint density at radius 2 is 2.00 bits per heavy atom. The normalized spacial score (nSPS) is 22.7. The Bertz CT molecular complexity index is 1400. The number of nitrogen functional groups attached to an aromatic ring is 1. The molecule has 3 aromatic rings. The van der Waals surface area contributed by atoms with Gasteiger partial charge in [0.1, 0.15) is 23.3 Å². The van der Waals surface area contributed by atoms with Gasteiger partial charge in [0.2, 0.25) is 0 Å². The third kappa shape index (κ3) is 3.84. The number of aliphatic imine (C=N–C) groups is 1. The summed E-state index contributed by atoms with van der Waals surface area (Å²) < 4.78 is 1.47. The van der Waals surface area contributed by atoms with Gasteiger partial charge in [-0.05, 0) is 39.5 Å². The molecule has 0 aromatic carbocycles. The van der Waals surface area contributed by atoms with Crippen molar-refractivity contribution in [3.05, 3.63) is 28.7 Å². The van der Waals surface area contributed by atoms with Crippen LogP contribution >= 0.6 is 11.3 Å². The Kier molecular flexibility index (Phi) is 6.04. The molecule has 13 heteroatoms. The molecule has 0 aliphatic carbocycles. The molecule has 2 fully saturated rings. The second kappa shape index (κ2) is 9.06. The summed E-state index contributed by atoms with van der Waals surface area (Å²) in [5.41, 5.74) is 14.5. The molecule has 36 heavy (non-hydrogen) atoms. The number of rotatable bonds is 5. The topological polar surface area (TPSA) is 189 Å². The van der Waals surface area contributed by atoms with Crippen LogP contribution in [0.4, 0.5) is 5.82 Å². The first-order chi connectivity index (χ1) is 17.2. The second-order valence-corrected chi connectivity index (χ2v) is 10.3. The molecule has 2 saturated heterocycles. The summed E-state index contributed by atoms with van der Waals surface area (Å²) in [7, 11) is 0. The van der Waals surface area contributed by atoms with Crippen molar-refractivity contribution < 1.29 is 14.7 Å². The monoisotopic (exact) mass is 509 g/mol.